The summed E-state index contributed by atoms with van der Waals surface area (Å²) in [6.07, 6.45) is 1.67. The summed E-state index contributed by atoms with van der Waals surface area (Å²) in [5.41, 5.74) is 1.73. The Morgan fingerprint density at radius 1 is 1.33 bits per heavy atom. The van der Waals surface area contributed by atoms with Gasteiger partial charge in [-0.1, -0.05) is 0 Å². The van der Waals surface area contributed by atoms with E-state index in [0.717, 1.165) is 11.1 Å². The summed E-state index contributed by atoms with van der Waals surface area (Å²) in [7, 11) is 0. The molecule has 62 valence electrons. The molecule has 2 nitrogen and oxygen atoms in total. The number of pyridine rings is 1. The second kappa shape index (κ2) is 2.30. The van der Waals surface area contributed by atoms with E-state index in [4.69, 9.17) is 0 Å². The van der Waals surface area contributed by atoms with Gasteiger partial charge in [-0.2, -0.15) is 4.39 Å². The number of hydrogen-bond donors (Lipinski definition) is 0. The predicted molar refractivity (Wildman–Crippen MR) is 44.6 cm³/mol. The minimum absolute atomic E-state index is 0.250. The van der Waals surface area contributed by atoms with E-state index < -0.39 is 0 Å². The zero-order chi connectivity index (χ0) is 8.72. The van der Waals surface area contributed by atoms with Gasteiger partial charge >= 0.3 is 0 Å². The lowest BCUT2D eigenvalue weighted by atomic mass is 10.3. The van der Waals surface area contributed by atoms with Crippen molar-refractivity contribution in [2.75, 3.05) is 0 Å². The van der Waals surface area contributed by atoms with Crippen molar-refractivity contribution >= 4 is 5.52 Å². The molecule has 0 amide bonds. The van der Waals surface area contributed by atoms with Crippen molar-refractivity contribution in [1.29, 1.82) is 0 Å². The van der Waals surface area contributed by atoms with Crippen LogP contribution in [0.2, 0.25) is 0 Å². The number of hydrogen-bond acceptors (Lipinski definition) is 1. The molecule has 0 aliphatic rings. The largest absolute Gasteiger partial charge is 0.273 e. The van der Waals surface area contributed by atoms with Crippen LogP contribution in [0.1, 0.15) is 11.4 Å². The van der Waals surface area contributed by atoms with Crippen LogP contribution < -0.4 is 0 Å². The molecule has 0 aromatic carbocycles. The number of halogens is 1. The van der Waals surface area contributed by atoms with Crippen LogP contribution in [0.3, 0.4) is 0 Å². The van der Waals surface area contributed by atoms with Gasteiger partial charge in [0.1, 0.15) is 5.82 Å². The average molecular weight is 164 g/mol. The molecule has 2 rings (SSSR count). The Balaban J connectivity index is 2.93. The summed E-state index contributed by atoms with van der Waals surface area (Å²) in [6.45, 7) is 3.65. The highest BCUT2D eigenvalue weighted by Crippen LogP contribution is 2.11. The van der Waals surface area contributed by atoms with Gasteiger partial charge in [-0.05, 0) is 31.5 Å². The van der Waals surface area contributed by atoms with E-state index in [2.05, 4.69) is 4.98 Å². The number of nitrogens with zero attached hydrogens (tertiary/aromatic N) is 2. The molecule has 12 heavy (non-hydrogen) atoms. The van der Waals surface area contributed by atoms with E-state index in [0.29, 0.717) is 5.82 Å². The molecular weight excluding hydrogens is 155 g/mol. The second-order valence-electron chi connectivity index (χ2n) is 2.92. The maximum Gasteiger partial charge on any atom is 0.199 e. The van der Waals surface area contributed by atoms with Crippen molar-refractivity contribution in [3.8, 4) is 0 Å². The third-order valence-corrected chi connectivity index (χ3v) is 1.90. The monoisotopic (exact) mass is 164 g/mol. The Kier molecular flexibility index (Phi) is 1.40. The number of imidazole rings is 1. The summed E-state index contributed by atoms with van der Waals surface area (Å²) < 4.78 is 14.8. The van der Waals surface area contributed by atoms with Gasteiger partial charge in [0.25, 0.3) is 0 Å². The highest BCUT2D eigenvalue weighted by molar-refractivity contribution is 5.48. The molecule has 0 N–H and O–H groups in total. The molecule has 0 saturated carbocycles. The highest BCUT2D eigenvalue weighted by atomic mass is 19.1. The van der Waals surface area contributed by atoms with Crippen LogP contribution in [-0.2, 0) is 0 Å². The van der Waals surface area contributed by atoms with E-state index in [1.165, 1.54) is 10.5 Å². The molecule has 0 saturated heterocycles. The van der Waals surface area contributed by atoms with E-state index in [9.17, 15) is 4.39 Å². The van der Waals surface area contributed by atoms with Crippen molar-refractivity contribution in [1.82, 2.24) is 9.38 Å². The summed E-state index contributed by atoms with van der Waals surface area (Å²) in [6, 6.07) is 3.41. The molecule has 0 atom stereocenters. The maximum absolute atomic E-state index is 13.3. The molecule has 0 radical (unpaired) electrons. The van der Waals surface area contributed by atoms with Gasteiger partial charge in [0.15, 0.2) is 5.95 Å². The van der Waals surface area contributed by atoms with Crippen molar-refractivity contribution in [2.24, 2.45) is 0 Å². The van der Waals surface area contributed by atoms with Crippen LogP contribution in [0, 0.1) is 19.8 Å². The number of aryl methyl sites for hydroxylation is 2. The first-order valence-corrected chi connectivity index (χ1v) is 3.78. The SMILES string of the molecule is Cc1cc(F)n2c(C)ncc2c1. The quantitative estimate of drug-likeness (QED) is 0.545. The Morgan fingerprint density at radius 2 is 2.08 bits per heavy atom. The first kappa shape index (κ1) is 7.28. The normalized spacial score (nSPS) is 10.9. The number of rotatable bonds is 0. The number of fused-ring (bicyclic) bond motifs is 1. The van der Waals surface area contributed by atoms with Gasteiger partial charge in [0.05, 0.1) is 11.7 Å². The molecule has 3 heteroatoms. The third-order valence-electron chi connectivity index (χ3n) is 1.90. The Hall–Kier alpha value is -1.38. The van der Waals surface area contributed by atoms with E-state index in [1.54, 1.807) is 13.1 Å². The van der Waals surface area contributed by atoms with Crippen LogP contribution in [0.4, 0.5) is 4.39 Å². The Morgan fingerprint density at radius 3 is 2.83 bits per heavy atom. The molecule has 2 aromatic rings. The maximum atomic E-state index is 13.3. The minimum Gasteiger partial charge on any atom is -0.273 e. The highest BCUT2D eigenvalue weighted by Gasteiger charge is 2.03. The summed E-state index contributed by atoms with van der Waals surface area (Å²) in [5, 5.41) is 0. The first-order valence-electron chi connectivity index (χ1n) is 3.78. The average Bonchev–Trinajstić information content (AvgIpc) is 2.31. The summed E-state index contributed by atoms with van der Waals surface area (Å²) >= 11 is 0. The Labute approximate surface area is 69.7 Å². The molecule has 0 fully saturated rings. The molecule has 2 aromatic heterocycles. The van der Waals surface area contributed by atoms with Crippen LogP contribution >= 0.6 is 0 Å². The molecule has 0 aliphatic heterocycles. The third kappa shape index (κ3) is 0.897. The fraction of sp³-hybridized carbons (Fsp3) is 0.222. The predicted octanol–water partition coefficient (Wildman–Crippen LogP) is 2.09. The van der Waals surface area contributed by atoms with Crippen LogP contribution in [0.5, 0.6) is 0 Å². The fourth-order valence-corrected chi connectivity index (χ4v) is 1.37. The molecule has 0 aliphatic carbocycles. The standard InChI is InChI=1S/C9H9FN2/c1-6-3-8-5-11-7(2)12(8)9(10)4-6/h3-5H,1-2H3. The second-order valence-corrected chi connectivity index (χ2v) is 2.92. The van der Waals surface area contributed by atoms with Gasteiger partial charge in [-0.25, -0.2) is 4.98 Å². The molecular formula is C9H9FN2. The van der Waals surface area contributed by atoms with E-state index in [1.807, 2.05) is 13.0 Å². The molecule has 0 bridgehead atoms. The molecule has 2 heterocycles. The lowest BCUT2D eigenvalue weighted by molar-refractivity contribution is 0.561. The smallest absolute Gasteiger partial charge is 0.199 e. The Bertz CT molecular complexity index is 431. The van der Waals surface area contributed by atoms with Gasteiger partial charge in [0.2, 0.25) is 0 Å². The zero-order valence-electron chi connectivity index (χ0n) is 7.00. The van der Waals surface area contributed by atoms with E-state index in [-0.39, 0.29) is 5.95 Å². The number of aromatic nitrogens is 2. The van der Waals surface area contributed by atoms with Crippen molar-refractivity contribution in [3.63, 3.8) is 0 Å². The van der Waals surface area contributed by atoms with E-state index >= 15 is 0 Å². The summed E-state index contributed by atoms with van der Waals surface area (Å²) in [5.74, 6) is 0.433. The van der Waals surface area contributed by atoms with Crippen molar-refractivity contribution < 1.29 is 4.39 Å². The lowest BCUT2D eigenvalue weighted by Crippen LogP contribution is -1.95. The van der Waals surface area contributed by atoms with Crippen LogP contribution in [0.15, 0.2) is 18.3 Å². The lowest BCUT2D eigenvalue weighted by Gasteiger charge is -1.99. The summed E-state index contributed by atoms with van der Waals surface area (Å²) in [4.78, 5) is 4.02. The molecule has 0 spiro atoms. The topological polar surface area (TPSA) is 17.3 Å². The molecule has 0 unspecified atom stereocenters. The zero-order valence-corrected chi connectivity index (χ0v) is 7.00. The van der Waals surface area contributed by atoms with Crippen LogP contribution in [-0.4, -0.2) is 9.38 Å². The van der Waals surface area contributed by atoms with Gasteiger partial charge in [-0.3, -0.25) is 4.40 Å². The van der Waals surface area contributed by atoms with Gasteiger partial charge < -0.3 is 0 Å². The first-order chi connectivity index (χ1) is 5.68. The van der Waals surface area contributed by atoms with Crippen molar-refractivity contribution in [2.45, 2.75) is 13.8 Å². The van der Waals surface area contributed by atoms with Gasteiger partial charge in [-0.15, -0.1) is 0 Å². The van der Waals surface area contributed by atoms with Crippen molar-refractivity contribution in [3.05, 3.63) is 35.7 Å². The minimum atomic E-state index is -0.250. The van der Waals surface area contributed by atoms with Crippen LogP contribution in [0.25, 0.3) is 5.52 Å². The van der Waals surface area contributed by atoms with Gasteiger partial charge in [0, 0.05) is 0 Å². The fourth-order valence-electron chi connectivity index (χ4n) is 1.37.